The molecule has 1 N–H and O–H groups in total. The van der Waals surface area contributed by atoms with Crippen LogP contribution in [0.15, 0.2) is 24.4 Å². The van der Waals surface area contributed by atoms with Crippen LogP contribution in [0.2, 0.25) is 0 Å². The smallest absolute Gasteiger partial charge is 0.182 e. The maximum atomic E-state index is 3.27. The molecular weight excluding hydrogens is 122 g/mol. The Bertz CT molecular complexity index is 211. The van der Waals surface area contributed by atoms with Crippen molar-refractivity contribution in [1.82, 2.24) is 0 Å². The fourth-order valence-electron chi connectivity index (χ4n) is 1.60. The average molecular weight is 134 g/mol. The van der Waals surface area contributed by atoms with E-state index in [0.29, 0.717) is 0 Å². The molecule has 0 radical (unpaired) electrons. The van der Waals surface area contributed by atoms with Gasteiger partial charge in [0.2, 0.25) is 0 Å². The Morgan fingerprint density at radius 1 is 1.40 bits per heavy atom. The van der Waals surface area contributed by atoms with E-state index in [9.17, 15) is 0 Å². The highest BCUT2D eigenvalue weighted by Crippen LogP contribution is 2.18. The van der Waals surface area contributed by atoms with Crippen molar-refractivity contribution < 1.29 is 4.99 Å². The molecule has 0 aromatic rings. The van der Waals surface area contributed by atoms with Crippen LogP contribution in [0.25, 0.3) is 0 Å². The van der Waals surface area contributed by atoms with Crippen molar-refractivity contribution in [2.75, 3.05) is 0 Å². The van der Waals surface area contributed by atoms with Crippen molar-refractivity contribution in [2.24, 2.45) is 5.92 Å². The summed E-state index contributed by atoms with van der Waals surface area (Å²) < 4.78 is 0. The fourth-order valence-corrected chi connectivity index (χ4v) is 1.60. The van der Waals surface area contributed by atoms with Gasteiger partial charge < -0.3 is 0 Å². The zero-order valence-corrected chi connectivity index (χ0v) is 6.01. The molecule has 2 aliphatic rings. The van der Waals surface area contributed by atoms with Crippen LogP contribution in [0.3, 0.4) is 0 Å². The quantitative estimate of drug-likeness (QED) is 0.492. The molecule has 0 amide bonds. The van der Waals surface area contributed by atoms with Crippen molar-refractivity contribution in [3.05, 3.63) is 24.4 Å². The van der Waals surface area contributed by atoms with Gasteiger partial charge >= 0.3 is 0 Å². The molecule has 1 heteroatoms. The van der Waals surface area contributed by atoms with Crippen LogP contribution in [-0.2, 0) is 0 Å². The van der Waals surface area contributed by atoms with Crippen LogP contribution in [0.5, 0.6) is 0 Å². The topological polar surface area (TPSA) is 14.0 Å². The molecule has 1 unspecified atom stereocenters. The lowest BCUT2D eigenvalue weighted by Crippen LogP contribution is -2.69. The number of allylic oxidation sites excluding steroid dienone is 3. The molecule has 0 aromatic carbocycles. The number of hydrogen-bond acceptors (Lipinski definition) is 0. The van der Waals surface area contributed by atoms with E-state index in [2.05, 4.69) is 23.2 Å². The number of hydrogen-bond donors (Lipinski definition) is 1. The minimum Gasteiger partial charge on any atom is -0.215 e. The van der Waals surface area contributed by atoms with Gasteiger partial charge in [-0.25, -0.2) is 4.99 Å². The standard InChI is InChI=1S/C9H11N/c1-2-6-9-8(4-1)5-3-7-10-9/h2-3,6-8H,1,4-5H2/p+1. The minimum atomic E-state index is 0.787. The highest BCUT2D eigenvalue weighted by atomic mass is 14.7. The molecule has 0 aromatic heterocycles. The van der Waals surface area contributed by atoms with Crippen LogP contribution in [0.1, 0.15) is 19.3 Å². The second-order valence-electron chi connectivity index (χ2n) is 2.91. The van der Waals surface area contributed by atoms with Gasteiger partial charge in [0.05, 0.1) is 0 Å². The van der Waals surface area contributed by atoms with E-state index in [1.807, 2.05) is 6.20 Å². The molecule has 1 nitrogen and oxygen atoms in total. The third-order valence-corrected chi connectivity index (χ3v) is 2.21. The van der Waals surface area contributed by atoms with Gasteiger partial charge in [-0.05, 0) is 25.3 Å². The molecule has 1 atom stereocenters. The predicted octanol–water partition coefficient (Wildman–Crippen LogP) is 0.392. The minimum absolute atomic E-state index is 0.787. The zero-order valence-electron chi connectivity index (χ0n) is 6.01. The molecule has 10 heavy (non-hydrogen) atoms. The molecule has 1 aliphatic carbocycles. The third-order valence-electron chi connectivity index (χ3n) is 2.21. The summed E-state index contributed by atoms with van der Waals surface area (Å²) >= 11 is 0. The molecule has 2 rings (SSSR count). The van der Waals surface area contributed by atoms with Gasteiger partial charge in [0.25, 0.3) is 0 Å². The first-order valence-electron chi connectivity index (χ1n) is 3.92. The normalized spacial score (nSPS) is 29.6. The Morgan fingerprint density at radius 3 is 3.30 bits per heavy atom. The lowest BCUT2D eigenvalue weighted by atomic mass is 9.88. The first-order valence-corrected chi connectivity index (χ1v) is 3.92. The van der Waals surface area contributed by atoms with E-state index in [0.717, 1.165) is 5.92 Å². The predicted molar refractivity (Wildman–Crippen MR) is 41.6 cm³/mol. The maximum absolute atomic E-state index is 3.27. The summed E-state index contributed by atoms with van der Waals surface area (Å²) in [6.45, 7) is 0. The van der Waals surface area contributed by atoms with Crippen LogP contribution in [0, 0.1) is 5.92 Å². The Morgan fingerprint density at radius 2 is 2.40 bits per heavy atom. The van der Waals surface area contributed by atoms with Gasteiger partial charge in [-0.2, -0.15) is 0 Å². The van der Waals surface area contributed by atoms with E-state index in [4.69, 9.17) is 0 Å². The second-order valence-corrected chi connectivity index (χ2v) is 2.91. The van der Waals surface area contributed by atoms with Gasteiger partial charge in [0.15, 0.2) is 11.9 Å². The fraction of sp³-hybridized carbons (Fsp3) is 0.444. The van der Waals surface area contributed by atoms with Gasteiger partial charge in [-0.3, -0.25) is 0 Å². The van der Waals surface area contributed by atoms with Crippen molar-refractivity contribution in [3.8, 4) is 0 Å². The Kier molecular flexibility index (Phi) is 1.42. The molecule has 0 fully saturated rings. The van der Waals surface area contributed by atoms with E-state index in [-0.39, 0.29) is 0 Å². The largest absolute Gasteiger partial charge is 0.215 e. The van der Waals surface area contributed by atoms with E-state index >= 15 is 0 Å². The summed E-state index contributed by atoms with van der Waals surface area (Å²) in [4.78, 5) is 3.27. The van der Waals surface area contributed by atoms with Crippen molar-refractivity contribution in [2.45, 2.75) is 19.3 Å². The van der Waals surface area contributed by atoms with Crippen molar-refractivity contribution in [1.29, 1.82) is 0 Å². The maximum Gasteiger partial charge on any atom is 0.182 e. The van der Waals surface area contributed by atoms with Gasteiger partial charge in [0, 0.05) is 12.0 Å². The van der Waals surface area contributed by atoms with Gasteiger partial charge in [0.1, 0.15) is 0 Å². The lowest BCUT2D eigenvalue weighted by Gasteiger charge is -2.15. The Hall–Kier alpha value is -0.850. The second kappa shape index (κ2) is 2.41. The number of rotatable bonds is 0. The summed E-state index contributed by atoms with van der Waals surface area (Å²) in [5.74, 6) is 0.787. The van der Waals surface area contributed by atoms with Gasteiger partial charge in [-0.15, -0.1) is 0 Å². The molecule has 52 valence electrons. The summed E-state index contributed by atoms with van der Waals surface area (Å²) in [5.41, 5.74) is 1.41. The van der Waals surface area contributed by atoms with Gasteiger partial charge in [-0.1, -0.05) is 6.08 Å². The Labute approximate surface area is 61.2 Å². The monoisotopic (exact) mass is 134 g/mol. The van der Waals surface area contributed by atoms with E-state index in [1.165, 1.54) is 25.0 Å². The van der Waals surface area contributed by atoms with Crippen LogP contribution < -0.4 is 4.99 Å². The zero-order chi connectivity index (χ0) is 6.81. The molecule has 0 saturated heterocycles. The molecule has 1 aliphatic heterocycles. The van der Waals surface area contributed by atoms with Crippen molar-refractivity contribution >= 4 is 5.71 Å². The third kappa shape index (κ3) is 0.919. The summed E-state index contributed by atoms with van der Waals surface area (Å²) in [5, 5.41) is 0. The lowest BCUT2D eigenvalue weighted by molar-refractivity contribution is -0.378. The van der Waals surface area contributed by atoms with Crippen molar-refractivity contribution in [3.63, 3.8) is 0 Å². The van der Waals surface area contributed by atoms with E-state index < -0.39 is 0 Å². The molecule has 1 heterocycles. The molecular formula is C9H12N+. The highest BCUT2D eigenvalue weighted by molar-refractivity contribution is 5.93. The molecule has 0 saturated carbocycles. The highest BCUT2D eigenvalue weighted by Gasteiger charge is 2.21. The summed E-state index contributed by atoms with van der Waals surface area (Å²) in [6.07, 6.45) is 12.5. The first-order chi connectivity index (χ1) is 4.97. The van der Waals surface area contributed by atoms with E-state index in [1.54, 1.807) is 0 Å². The Balaban J connectivity index is 2.27. The first kappa shape index (κ1) is 5.90. The number of nitrogens with one attached hydrogen (secondary N) is 1. The summed E-state index contributed by atoms with van der Waals surface area (Å²) in [7, 11) is 0. The number of fused-ring (bicyclic) bond motifs is 1. The summed E-state index contributed by atoms with van der Waals surface area (Å²) in [6, 6.07) is 0. The average Bonchev–Trinajstić information content (AvgIpc) is 2.05. The van der Waals surface area contributed by atoms with Crippen LogP contribution in [-0.4, -0.2) is 5.71 Å². The van der Waals surface area contributed by atoms with Crippen LogP contribution in [0.4, 0.5) is 0 Å². The molecule has 0 bridgehead atoms. The molecule has 0 spiro atoms. The van der Waals surface area contributed by atoms with Crippen LogP contribution >= 0.6 is 0 Å². The SMILES string of the molecule is C1=CC2=[NH+]C=CCC2CC1.